The van der Waals surface area contributed by atoms with E-state index in [9.17, 15) is 9.59 Å². The molecule has 1 N–H and O–H groups in total. The average Bonchev–Trinajstić information content (AvgIpc) is 2.85. The summed E-state index contributed by atoms with van der Waals surface area (Å²) in [5, 5.41) is 2.65. The van der Waals surface area contributed by atoms with Gasteiger partial charge in [-0.3, -0.25) is 4.79 Å². The van der Waals surface area contributed by atoms with Crippen LogP contribution >= 0.6 is 0 Å². The van der Waals surface area contributed by atoms with Gasteiger partial charge in [-0.15, -0.1) is 0 Å². The second-order valence-electron chi connectivity index (χ2n) is 6.20. The van der Waals surface area contributed by atoms with Crippen LogP contribution in [0.25, 0.3) is 5.57 Å². The lowest BCUT2D eigenvalue weighted by atomic mass is 10.1. The smallest absolute Gasteiger partial charge is 0.410 e. The number of hydrogen-bond donors (Lipinski definition) is 1. The lowest BCUT2D eigenvalue weighted by Gasteiger charge is -2.24. The third kappa shape index (κ3) is 4.31. The van der Waals surface area contributed by atoms with Crippen LogP contribution in [-0.4, -0.2) is 40.6 Å². The van der Waals surface area contributed by atoms with E-state index in [4.69, 9.17) is 4.74 Å². The normalized spacial score (nSPS) is 14.5. The fourth-order valence-corrected chi connectivity index (χ4v) is 2.11. The zero-order valence-corrected chi connectivity index (χ0v) is 13.3. The van der Waals surface area contributed by atoms with E-state index in [-0.39, 0.29) is 12.0 Å². The van der Waals surface area contributed by atoms with Crippen molar-refractivity contribution in [2.24, 2.45) is 0 Å². The van der Waals surface area contributed by atoms with Crippen molar-refractivity contribution in [1.82, 2.24) is 9.88 Å². The zero-order valence-electron chi connectivity index (χ0n) is 13.3. The summed E-state index contributed by atoms with van der Waals surface area (Å²) in [5.41, 5.74) is 1.44. The standard InChI is InChI=1S/C16H21N3O3/c1-11(20)18-14-9-12(5-7-17-14)13-6-8-19(10-13)15(21)22-16(2,3)4/h5-7,9H,8,10H2,1-4H3,(H,17,18,20). The van der Waals surface area contributed by atoms with Crippen molar-refractivity contribution in [3.8, 4) is 0 Å². The summed E-state index contributed by atoms with van der Waals surface area (Å²) in [7, 11) is 0. The van der Waals surface area contributed by atoms with Crippen LogP contribution in [0.4, 0.5) is 10.6 Å². The molecule has 0 unspecified atom stereocenters. The highest BCUT2D eigenvalue weighted by Gasteiger charge is 2.25. The molecular formula is C16H21N3O3. The van der Waals surface area contributed by atoms with E-state index in [0.29, 0.717) is 18.9 Å². The molecule has 0 saturated heterocycles. The van der Waals surface area contributed by atoms with Crippen LogP contribution in [0.5, 0.6) is 0 Å². The minimum Gasteiger partial charge on any atom is -0.444 e. The van der Waals surface area contributed by atoms with Crippen molar-refractivity contribution in [2.75, 3.05) is 18.4 Å². The monoisotopic (exact) mass is 303 g/mol. The van der Waals surface area contributed by atoms with Crippen LogP contribution < -0.4 is 5.32 Å². The number of ether oxygens (including phenoxy) is 1. The van der Waals surface area contributed by atoms with Crippen molar-refractivity contribution in [1.29, 1.82) is 0 Å². The van der Waals surface area contributed by atoms with Gasteiger partial charge in [0.15, 0.2) is 0 Å². The van der Waals surface area contributed by atoms with Gasteiger partial charge < -0.3 is 15.0 Å². The number of nitrogens with zero attached hydrogens (tertiary/aromatic N) is 2. The first kappa shape index (κ1) is 16.0. The van der Waals surface area contributed by atoms with Crippen molar-refractivity contribution in [3.63, 3.8) is 0 Å². The first-order chi connectivity index (χ1) is 10.2. The van der Waals surface area contributed by atoms with Crippen molar-refractivity contribution < 1.29 is 14.3 Å². The quantitative estimate of drug-likeness (QED) is 0.911. The highest BCUT2D eigenvalue weighted by atomic mass is 16.6. The van der Waals surface area contributed by atoms with E-state index in [1.54, 1.807) is 17.2 Å². The van der Waals surface area contributed by atoms with Gasteiger partial charge in [0.1, 0.15) is 11.4 Å². The average molecular weight is 303 g/mol. The van der Waals surface area contributed by atoms with Gasteiger partial charge in [-0.1, -0.05) is 6.08 Å². The molecule has 118 valence electrons. The van der Waals surface area contributed by atoms with Gasteiger partial charge in [0.2, 0.25) is 5.91 Å². The molecule has 2 amide bonds. The fraction of sp³-hybridized carbons (Fsp3) is 0.438. The lowest BCUT2D eigenvalue weighted by molar-refractivity contribution is -0.114. The third-order valence-corrected chi connectivity index (χ3v) is 3.01. The van der Waals surface area contributed by atoms with Crippen molar-refractivity contribution in [3.05, 3.63) is 30.0 Å². The van der Waals surface area contributed by atoms with Crippen LogP contribution in [0.1, 0.15) is 33.3 Å². The predicted molar refractivity (Wildman–Crippen MR) is 84.3 cm³/mol. The SMILES string of the molecule is CC(=O)Nc1cc(C2=CCN(C(=O)OC(C)(C)C)C2)ccn1. The Morgan fingerprint density at radius 2 is 2.09 bits per heavy atom. The van der Waals surface area contributed by atoms with Crippen molar-refractivity contribution in [2.45, 2.75) is 33.3 Å². The van der Waals surface area contributed by atoms with Crippen LogP contribution in [0.3, 0.4) is 0 Å². The van der Waals surface area contributed by atoms with E-state index in [0.717, 1.165) is 11.1 Å². The summed E-state index contributed by atoms with van der Waals surface area (Å²) in [5.74, 6) is 0.335. The minimum absolute atomic E-state index is 0.166. The molecule has 6 heteroatoms. The number of aromatic nitrogens is 1. The maximum atomic E-state index is 12.1. The number of hydrogen-bond acceptors (Lipinski definition) is 4. The molecule has 0 radical (unpaired) electrons. The largest absolute Gasteiger partial charge is 0.444 e. The summed E-state index contributed by atoms with van der Waals surface area (Å²) in [6.07, 6.45) is 3.30. The topological polar surface area (TPSA) is 71.5 Å². The fourth-order valence-electron chi connectivity index (χ4n) is 2.11. The number of nitrogens with one attached hydrogen (secondary N) is 1. The van der Waals surface area contributed by atoms with Crippen LogP contribution in [0.2, 0.25) is 0 Å². The van der Waals surface area contributed by atoms with Crippen LogP contribution in [0, 0.1) is 0 Å². The molecule has 0 aromatic carbocycles. The second-order valence-corrected chi connectivity index (χ2v) is 6.20. The van der Waals surface area contributed by atoms with Gasteiger partial charge in [-0.05, 0) is 44.0 Å². The molecule has 1 aromatic rings. The molecule has 0 aliphatic carbocycles. The Labute approximate surface area is 130 Å². The highest BCUT2D eigenvalue weighted by molar-refractivity contribution is 5.88. The number of carbonyl (C=O) groups excluding carboxylic acids is 2. The van der Waals surface area contributed by atoms with Crippen LogP contribution in [0.15, 0.2) is 24.4 Å². The van der Waals surface area contributed by atoms with E-state index in [2.05, 4.69) is 10.3 Å². The first-order valence-corrected chi connectivity index (χ1v) is 7.15. The van der Waals surface area contributed by atoms with Crippen LogP contribution in [-0.2, 0) is 9.53 Å². The zero-order chi connectivity index (χ0) is 16.3. The predicted octanol–water partition coefficient (Wildman–Crippen LogP) is 2.67. The molecule has 1 aliphatic rings. The lowest BCUT2D eigenvalue weighted by Crippen LogP contribution is -2.35. The van der Waals surface area contributed by atoms with Crippen molar-refractivity contribution >= 4 is 23.4 Å². The summed E-state index contributed by atoms with van der Waals surface area (Å²) in [4.78, 5) is 28.9. The number of rotatable bonds is 2. The molecule has 1 aliphatic heterocycles. The number of carbonyl (C=O) groups is 2. The molecule has 6 nitrogen and oxygen atoms in total. The summed E-state index contributed by atoms with van der Waals surface area (Å²) in [6.45, 7) is 7.97. The first-order valence-electron chi connectivity index (χ1n) is 7.15. The number of amides is 2. The molecule has 0 atom stereocenters. The third-order valence-electron chi connectivity index (χ3n) is 3.01. The van der Waals surface area contributed by atoms with Gasteiger partial charge in [-0.2, -0.15) is 0 Å². The Hall–Kier alpha value is -2.37. The molecule has 2 heterocycles. The molecule has 0 fully saturated rings. The minimum atomic E-state index is -0.505. The Morgan fingerprint density at radius 3 is 2.73 bits per heavy atom. The van der Waals surface area contributed by atoms with E-state index in [1.807, 2.05) is 32.9 Å². The molecule has 22 heavy (non-hydrogen) atoms. The summed E-state index contributed by atoms with van der Waals surface area (Å²) < 4.78 is 5.37. The van der Waals surface area contributed by atoms with E-state index in [1.165, 1.54) is 6.92 Å². The molecule has 0 saturated carbocycles. The highest BCUT2D eigenvalue weighted by Crippen LogP contribution is 2.23. The maximum Gasteiger partial charge on any atom is 0.410 e. The number of pyridine rings is 1. The van der Waals surface area contributed by atoms with Gasteiger partial charge in [-0.25, -0.2) is 9.78 Å². The van der Waals surface area contributed by atoms with Gasteiger partial charge in [0.25, 0.3) is 0 Å². The Bertz CT molecular complexity index is 617. The van der Waals surface area contributed by atoms with Gasteiger partial charge in [0.05, 0.1) is 0 Å². The molecular weight excluding hydrogens is 282 g/mol. The molecule has 0 spiro atoms. The van der Waals surface area contributed by atoms with E-state index >= 15 is 0 Å². The molecule has 1 aromatic heterocycles. The number of anilines is 1. The summed E-state index contributed by atoms with van der Waals surface area (Å²) >= 11 is 0. The molecule has 2 rings (SSSR count). The summed E-state index contributed by atoms with van der Waals surface area (Å²) in [6, 6.07) is 3.65. The Morgan fingerprint density at radius 1 is 1.36 bits per heavy atom. The second kappa shape index (κ2) is 6.17. The van der Waals surface area contributed by atoms with E-state index < -0.39 is 5.60 Å². The maximum absolute atomic E-state index is 12.1. The van der Waals surface area contributed by atoms with Gasteiger partial charge in [0, 0.05) is 26.2 Å². The Balaban J connectivity index is 2.04. The Kier molecular flexibility index (Phi) is 4.49. The van der Waals surface area contributed by atoms with Gasteiger partial charge >= 0.3 is 6.09 Å². The molecule has 0 bridgehead atoms.